The lowest BCUT2D eigenvalue weighted by molar-refractivity contribution is -0.140. The van der Waals surface area contributed by atoms with Gasteiger partial charge in [-0.05, 0) is 47.9 Å². The summed E-state index contributed by atoms with van der Waals surface area (Å²) in [6, 6.07) is 10.8. The number of ketones is 1. The highest BCUT2D eigenvalue weighted by molar-refractivity contribution is 6.46. The van der Waals surface area contributed by atoms with Gasteiger partial charge in [-0.15, -0.1) is 0 Å². The maximum Gasteiger partial charge on any atom is 0.295 e. The fourth-order valence-corrected chi connectivity index (χ4v) is 3.76. The number of methoxy groups -OCH3 is 1. The zero-order chi connectivity index (χ0) is 23.4. The van der Waals surface area contributed by atoms with Gasteiger partial charge in [0.25, 0.3) is 11.7 Å². The van der Waals surface area contributed by atoms with Crippen molar-refractivity contribution in [1.82, 2.24) is 4.90 Å². The summed E-state index contributed by atoms with van der Waals surface area (Å²) in [5.74, 6) is -0.727. The van der Waals surface area contributed by atoms with Crippen molar-refractivity contribution in [3.05, 3.63) is 69.2 Å². The van der Waals surface area contributed by atoms with E-state index in [2.05, 4.69) is 0 Å². The van der Waals surface area contributed by atoms with Crippen molar-refractivity contribution in [2.45, 2.75) is 19.9 Å². The molecule has 1 aliphatic heterocycles. The number of aliphatic hydroxyl groups excluding tert-OH is 1. The molecule has 1 N–H and O–H groups in total. The van der Waals surface area contributed by atoms with E-state index in [0.717, 1.165) is 0 Å². The molecule has 1 unspecified atom stereocenters. The Kier molecular flexibility index (Phi) is 7.82. The fourth-order valence-electron chi connectivity index (χ4n) is 3.46. The molecule has 1 fully saturated rings. The van der Waals surface area contributed by atoms with E-state index in [1.165, 1.54) is 12.0 Å². The molecule has 1 aliphatic rings. The van der Waals surface area contributed by atoms with Crippen LogP contribution in [0, 0.1) is 5.92 Å². The molecule has 0 aromatic heterocycles. The van der Waals surface area contributed by atoms with E-state index in [9.17, 15) is 14.7 Å². The number of benzene rings is 2. The van der Waals surface area contributed by atoms with Gasteiger partial charge >= 0.3 is 0 Å². The Morgan fingerprint density at radius 3 is 2.38 bits per heavy atom. The Labute approximate surface area is 197 Å². The molecule has 1 atom stereocenters. The first-order valence-corrected chi connectivity index (χ1v) is 11.0. The SMILES string of the molecule is COCCN1C(=O)C(=O)/C(=C(/O)c2ccc(OCC(C)C)cc2)C1c1ccc(Cl)c(Cl)c1. The van der Waals surface area contributed by atoms with Crippen LogP contribution in [0.5, 0.6) is 5.75 Å². The minimum Gasteiger partial charge on any atom is -0.507 e. The van der Waals surface area contributed by atoms with Crippen LogP contribution in [0.4, 0.5) is 0 Å². The molecular formula is C24H25Cl2NO5. The molecule has 0 saturated carbocycles. The molecule has 6 nitrogen and oxygen atoms in total. The second-order valence-electron chi connectivity index (χ2n) is 7.89. The molecule has 1 saturated heterocycles. The van der Waals surface area contributed by atoms with Gasteiger partial charge in [-0.1, -0.05) is 43.1 Å². The van der Waals surface area contributed by atoms with Gasteiger partial charge < -0.3 is 19.5 Å². The molecule has 170 valence electrons. The van der Waals surface area contributed by atoms with E-state index in [1.807, 2.05) is 13.8 Å². The van der Waals surface area contributed by atoms with Crippen molar-refractivity contribution in [1.29, 1.82) is 0 Å². The first kappa shape index (κ1) is 24.1. The van der Waals surface area contributed by atoms with Gasteiger partial charge in [-0.3, -0.25) is 9.59 Å². The molecule has 2 aromatic rings. The van der Waals surface area contributed by atoms with Gasteiger partial charge in [-0.2, -0.15) is 0 Å². The number of ether oxygens (including phenoxy) is 2. The van der Waals surface area contributed by atoms with Gasteiger partial charge in [0.1, 0.15) is 11.5 Å². The molecule has 1 amide bonds. The summed E-state index contributed by atoms with van der Waals surface area (Å²) in [6.07, 6.45) is 0. The Hall–Kier alpha value is -2.54. The quantitative estimate of drug-likeness (QED) is 0.325. The molecule has 0 radical (unpaired) electrons. The zero-order valence-corrected chi connectivity index (χ0v) is 19.6. The number of halogens is 2. The van der Waals surface area contributed by atoms with Crippen LogP contribution in [0.2, 0.25) is 10.0 Å². The van der Waals surface area contributed by atoms with Crippen LogP contribution in [-0.2, 0) is 14.3 Å². The number of carbonyl (C=O) groups is 2. The second kappa shape index (κ2) is 10.4. The minimum atomic E-state index is -0.822. The number of Topliss-reactive ketones (excluding diaryl/α,β-unsaturated/α-hetero) is 1. The van der Waals surface area contributed by atoms with Crippen molar-refractivity contribution < 1.29 is 24.2 Å². The molecule has 3 rings (SSSR count). The largest absolute Gasteiger partial charge is 0.507 e. The van der Waals surface area contributed by atoms with E-state index in [0.29, 0.717) is 34.4 Å². The molecule has 0 spiro atoms. The van der Waals surface area contributed by atoms with Crippen LogP contribution >= 0.6 is 23.2 Å². The number of rotatable bonds is 8. The zero-order valence-electron chi connectivity index (χ0n) is 18.1. The highest BCUT2D eigenvalue weighted by Crippen LogP contribution is 2.40. The Balaban J connectivity index is 2.05. The third-order valence-corrected chi connectivity index (χ3v) is 5.79. The third-order valence-electron chi connectivity index (χ3n) is 5.05. The number of aliphatic hydroxyl groups is 1. The van der Waals surface area contributed by atoms with Gasteiger partial charge in [0.2, 0.25) is 0 Å². The van der Waals surface area contributed by atoms with Crippen LogP contribution in [0.3, 0.4) is 0 Å². The normalized spacial score (nSPS) is 17.9. The number of carbonyl (C=O) groups excluding carboxylic acids is 2. The van der Waals surface area contributed by atoms with E-state index in [-0.39, 0.29) is 29.5 Å². The average Bonchev–Trinajstić information content (AvgIpc) is 3.02. The Morgan fingerprint density at radius 2 is 1.78 bits per heavy atom. The van der Waals surface area contributed by atoms with E-state index >= 15 is 0 Å². The van der Waals surface area contributed by atoms with Crippen molar-refractivity contribution >= 4 is 40.7 Å². The fraction of sp³-hybridized carbons (Fsp3) is 0.333. The number of hydrogen-bond acceptors (Lipinski definition) is 5. The van der Waals surface area contributed by atoms with Crippen LogP contribution < -0.4 is 4.74 Å². The maximum absolute atomic E-state index is 12.9. The summed E-state index contributed by atoms with van der Waals surface area (Å²) in [5, 5.41) is 11.7. The van der Waals surface area contributed by atoms with Crippen molar-refractivity contribution in [2.75, 3.05) is 26.9 Å². The maximum atomic E-state index is 12.9. The second-order valence-corrected chi connectivity index (χ2v) is 8.70. The number of hydrogen-bond donors (Lipinski definition) is 1. The average molecular weight is 478 g/mol. The van der Waals surface area contributed by atoms with Crippen molar-refractivity contribution in [3.8, 4) is 5.75 Å². The van der Waals surface area contributed by atoms with Crippen LogP contribution in [0.25, 0.3) is 5.76 Å². The van der Waals surface area contributed by atoms with E-state index in [4.69, 9.17) is 32.7 Å². The number of nitrogens with zero attached hydrogens (tertiary/aromatic N) is 1. The topological polar surface area (TPSA) is 76.1 Å². The van der Waals surface area contributed by atoms with Crippen LogP contribution in [-0.4, -0.2) is 48.6 Å². The lowest BCUT2D eigenvalue weighted by atomic mass is 9.95. The number of likely N-dealkylation sites (tertiary alicyclic amines) is 1. The lowest BCUT2D eigenvalue weighted by Gasteiger charge is -2.25. The summed E-state index contributed by atoms with van der Waals surface area (Å²) < 4.78 is 10.8. The van der Waals surface area contributed by atoms with Gasteiger partial charge in [0.05, 0.1) is 34.9 Å². The monoisotopic (exact) mass is 477 g/mol. The first-order chi connectivity index (χ1) is 15.2. The van der Waals surface area contributed by atoms with E-state index in [1.54, 1.807) is 42.5 Å². The summed E-state index contributed by atoms with van der Waals surface area (Å²) in [6.45, 7) is 5.06. The highest BCUT2D eigenvalue weighted by Gasteiger charge is 2.46. The molecule has 32 heavy (non-hydrogen) atoms. The highest BCUT2D eigenvalue weighted by atomic mass is 35.5. The van der Waals surface area contributed by atoms with Crippen LogP contribution in [0.15, 0.2) is 48.0 Å². The lowest BCUT2D eigenvalue weighted by Crippen LogP contribution is -2.32. The third kappa shape index (κ3) is 5.09. The Bertz CT molecular complexity index is 1030. The molecule has 1 heterocycles. The first-order valence-electron chi connectivity index (χ1n) is 10.2. The predicted octanol–water partition coefficient (Wildman–Crippen LogP) is 5.10. The molecular weight excluding hydrogens is 453 g/mol. The van der Waals surface area contributed by atoms with Gasteiger partial charge in [-0.25, -0.2) is 0 Å². The molecule has 0 aliphatic carbocycles. The molecule has 2 aromatic carbocycles. The Morgan fingerprint density at radius 1 is 1.09 bits per heavy atom. The van der Waals surface area contributed by atoms with Gasteiger partial charge in [0.15, 0.2) is 0 Å². The summed E-state index contributed by atoms with van der Waals surface area (Å²) in [4.78, 5) is 27.1. The summed E-state index contributed by atoms with van der Waals surface area (Å²) in [7, 11) is 1.51. The van der Waals surface area contributed by atoms with Gasteiger partial charge in [0, 0.05) is 19.2 Å². The van der Waals surface area contributed by atoms with Crippen molar-refractivity contribution in [3.63, 3.8) is 0 Å². The predicted molar refractivity (Wildman–Crippen MR) is 124 cm³/mol. The minimum absolute atomic E-state index is 0.0136. The smallest absolute Gasteiger partial charge is 0.295 e. The number of amides is 1. The van der Waals surface area contributed by atoms with Crippen molar-refractivity contribution in [2.24, 2.45) is 5.92 Å². The molecule has 0 bridgehead atoms. The summed E-state index contributed by atoms with van der Waals surface area (Å²) >= 11 is 12.2. The molecule has 8 heteroatoms. The van der Waals surface area contributed by atoms with Crippen LogP contribution in [0.1, 0.15) is 31.0 Å². The van der Waals surface area contributed by atoms with E-state index < -0.39 is 17.7 Å². The summed E-state index contributed by atoms with van der Waals surface area (Å²) in [5.41, 5.74) is 0.949. The standard InChI is InChI=1S/C24H25Cl2NO5/c1-14(2)13-32-17-7-4-15(5-8-17)22(28)20-21(16-6-9-18(25)19(26)12-16)27(10-11-31-3)24(30)23(20)29/h4-9,12,14,21,28H,10-11,13H2,1-3H3/b22-20+.